The van der Waals surface area contributed by atoms with Crippen LogP contribution in [-0.4, -0.2) is 13.1 Å². The predicted molar refractivity (Wildman–Crippen MR) is 81.4 cm³/mol. The quantitative estimate of drug-likeness (QED) is 0.868. The van der Waals surface area contributed by atoms with Gasteiger partial charge in [-0.15, -0.1) is 0 Å². The van der Waals surface area contributed by atoms with Crippen LogP contribution in [0.25, 0.3) is 11.1 Å². The van der Waals surface area contributed by atoms with Crippen LogP contribution < -0.4 is 5.32 Å². The molecule has 1 aliphatic rings. The second-order valence-electron chi connectivity index (χ2n) is 5.71. The highest BCUT2D eigenvalue weighted by molar-refractivity contribution is 5.79. The number of hydrogen-bond donors (Lipinski definition) is 1. The molecule has 2 aromatic carbocycles. The highest BCUT2D eigenvalue weighted by Crippen LogP contribution is 2.47. The molecule has 1 aliphatic carbocycles. The Balaban J connectivity index is 2.19. The van der Waals surface area contributed by atoms with Crippen molar-refractivity contribution >= 4 is 0 Å². The highest BCUT2D eigenvalue weighted by Gasteiger charge is 2.34. The van der Waals surface area contributed by atoms with Crippen LogP contribution in [0.3, 0.4) is 0 Å². The molecule has 1 unspecified atom stereocenters. The summed E-state index contributed by atoms with van der Waals surface area (Å²) >= 11 is 0. The number of hydrogen-bond acceptors (Lipinski definition) is 1. The van der Waals surface area contributed by atoms with Gasteiger partial charge in [-0.2, -0.15) is 0 Å². The topological polar surface area (TPSA) is 12.0 Å². The molecule has 1 atom stereocenters. The summed E-state index contributed by atoms with van der Waals surface area (Å²) in [5, 5.41) is 3.53. The van der Waals surface area contributed by atoms with Gasteiger partial charge in [-0.25, -0.2) is 0 Å². The summed E-state index contributed by atoms with van der Waals surface area (Å²) in [6.07, 6.45) is 0. The largest absolute Gasteiger partial charge is 0.316 e. The van der Waals surface area contributed by atoms with Crippen molar-refractivity contribution in [1.82, 2.24) is 5.32 Å². The standard InChI is InChI=1S/C18H21N/c1-12(2)18(19-3)17-15-10-6-4-8-13(15)14-9-5-7-11-16(14)17/h4-12,17-19H,1-3H3. The van der Waals surface area contributed by atoms with Gasteiger partial charge in [-0.05, 0) is 35.2 Å². The van der Waals surface area contributed by atoms with Crippen molar-refractivity contribution in [2.75, 3.05) is 7.05 Å². The summed E-state index contributed by atoms with van der Waals surface area (Å²) in [5.74, 6) is 1.08. The lowest BCUT2D eigenvalue weighted by atomic mass is 9.83. The minimum absolute atomic E-state index is 0.470. The van der Waals surface area contributed by atoms with E-state index in [1.165, 1.54) is 22.3 Å². The molecule has 19 heavy (non-hydrogen) atoms. The van der Waals surface area contributed by atoms with Crippen LogP contribution in [-0.2, 0) is 0 Å². The van der Waals surface area contributed by atoms with Crippen LogP contribution in [0.4, 0.5) is 0 Å². The number of rotatable bonds is 3. The molecule has 0 heterocycles. The van der Waals surface area contributed by atoms with E-state index in [-0.39, 0.29) is 0 Å². The minimum Gasteiger partial charge on any atom is -0.316 e. The summed E-state index contributed by atoms with van der Waals surface area (Å²) in [4.78, 5) is 0. The summed E-state index contributed by atoms with van der Waals surface area (Å²) in [6, 6.07) is 18.1. The third-order valence-electron chi connectivity index (χ3n) is 4.29. The normalized spacial score (nSPS) is 15.4. The first-order chi connectivity index (χ1) is 9.24. The molecule has 0 spiro atoms. The molecule has 1 nitrogen and oxygen atoms in total. The van der Waals surface area contributed by atoms with Gasteiger partial charge in [0.15, 0.2) is 0 Å². The molecule has 0 aromatic heterocycles. The summed E-state index contributed by atoms with van der Waals surface area (Å²) < 4.78 is 0. The SMILES string of the molecule is CNC(C(C)C)C1c2ccccc2-c2ccccc21. The van der Waals surface area contributed by atoms with E-state index in [1.54, 1.807) is 0 Å². The number of nitrogens with one attached hydrogen (secondary N) is 1. The highest BCUT2D eigenvalue weighted by atomic mass is 14.9. The van der Waals surface area contributed by atoms with Crippen LogP contribution in [0, 0.1) is 5.92 Å². The molecule has 98 valence electrons. The van der Waals surface area contributed by atoms with Gasteiger partial charge in [0.25, 0.3) is 0 Å². The zero-order chi connectivity index (χ0) is 13.4. The fraction of sp³-hybridized carbons (Fsp3) is 0.333. The Bertz CT molecular complexity index is 540. The Hall–Kier alpha value is -1.60. The van der Waals surface area contributed by atoms with E-state index in [2.05, 4.69) is 74.7 Å². The molecule has 0 bridgehead atoms. The Morgan fingerprint density at radius 1 is 0.842 bits per heavy atom. The molecular weight excluding hydrogens is 230 g/mol. The van der Waals surface area contributed by atoms with Gasteiger partial charge in [0.05, 0.1) is 0 Å². The molecule has 0 saturated heterocycles. The average molecular weight is 251 g/mol. The third kappa shape index (κ3) is 1.89. The maximum Gasteiger partial charge on any atom is 0.0258 e. The average Bonchev–Trinajstić information content (AvgIpc) is 2.75. The minimum atomic E-state index is 0.470. The smallest absolute Gasteiger partial charge is 0.0258 e. The van der Waals surface area contributed by atoms with E-state index in [1.807, 2.05) is 0 Å². The van der Waals surface area contributed by atoms with Crippen LogP contribution >= 0.6 is 0 Å². The van der Waals surface area contributed by atoms with Crippen molar-refractivity contribution in [2.24, 2.45) is 5.92 Å². The van der Waals surface area contributed by atoms with Gasteiger partial charge in [0.1, 0.15) is 0 Å². The Morgan fingerprint density at radius 2 is 1.32 bits per heavy atom. The van der Waals surface area contributed by atoms with Gasteiger partial charge in [0.2, 0.25) is 0 Å². The van der Waals surface area contributed by atoms with Gasteiger partial charge < -0.3 is 5.32 Å². The van der Waals surface area contributed by atoms with E-state index in [4.69, 9.17) is 0 Å². The van der Waals surface area contributed by atoms with Crippen molar-refractivity contribution in [2.45, 2.75) is 25.8 Å². The lowest BCUT2D eigenvalue weighted by molar-refractivity contribution is 0.393. The van der Waals surface area contributed by atoms with Crippen LogP contribution in [0.15, 0.2) is 48.5 Å². The van der Waals surface area contributed by atoms with Crippen LogP contribution in [0.5, 0.6) is 0 Å². The molecule has 1 N–H and O–H groups in total. The van der Waals surface area contributed by atoms with Crippen molar-refractivity contribution in [3.05, 3.63) is 59.7 Å². The van der Waals surface area contributed by atoms with Gasteiger partial charge in [-0.3, -0.25) is 0 Å². The van der Waals surface area contributed by atoms with Crippen molar-refractivity contribution in [1.29, 1.82) is 0 Å². The summed E-state index contributed by atoms with van der Waals surface area (Å²) in [6.45, 7) is 4.59. The van der Waals surface area contributed by atoms with E-state index in [0.717, 1.165) is 0 Å². The summed E-state index contributed by atoms with van der Waals surface area (Å²) in [5.41, 5.74) is 5.75. The van der Waals surface area contributed by atoms with Crippen molar-refractivity contribution in [3.8, 4) is 11.1 Å². The lowest BCUT2D eigenvalue weighted by Gasteiger charge is -2.28. The molecule has 1 heteroatoms. The predicted octanol–water partition coefficient (Wildman–Crippen LogP) is 4.04. The zero-order valence-corrected chi connectivity index (χ0v) is 11.9. The molecular formula is C18H21N. The summed E-state index contributed by atoms with van der Waals surface area (Å²) in [7, 11) is 2.08. The van der Waals surface area contributed by atoms with Gasteiger partial charge >= 0.3 is 0 Å². The first-order valence-corrected chi connectivity index (χ1v) is 7.09. The van der Waals surface area contributed by atoms with Crippen molar-refractivity contribution < 1.29 is 0 Å². The van der Waals surface area contributed by atoms with E-state index in [9.17, 15) is 0 Å². The molecule has 0 saturated carbocycles. The molecule has 0 aliphatic heterocycles. The van der Waals surface area contributed by atoms with Crippen LogP contribution in [0.2, 0.25) is 0 Å². The Kier molecular flexibility index (Phi) is 3.16. The molecule has 0 amide bonds. The lowest BCUT2D eigenvalue weighted by Crippen LogP contribution is -2.36. The second-order valence-corrected chi connectivity index (χ2v) is 5.71. The molecule has 0 fully saturated rings. The molecule has 3 rings (SSSR count). The molecule has 0 radical (unpaired) electrons. The maximum atomic E-state index is 3.53. The Morgan fingerprint density at radius 3 is 1.74 bits per heavy atom. The first-order valence-electron chi connectivity index (χ1n) is 7.09. The zero-order valence-electron chi connectivity index (χ0n) is 11.9. The fourth-order valence-electron chi connectivity index (χ4n) is 3.47. The Labute approximate surface area is 115 Å². The maximum absolute atomic E-state index is 3.53. The van der Waals surface area contributed by atoms with Crippen LogP contribution in [0.1, 0.15) is 30.9 Å². The second kappa shape index (κ2) is 4.82. The fourth-order valence-corrected chi connectivity index (χ4v) is 3.47. The van der Waals surface area contributed by atoms with Gasteiger partial charge in [0, 0.05) is 12.0 Å². The number of benzene rings is 2. The number of fused-ring (bicyclic) bond motifs is 3. The number of likely N-dealkylation sites (N-methyl/N-ethyl adjacent to an activating group) is 1. The third-order valence-corrected chi connectivity index (χ3v) is 4.29. The molecule has 2 aromatic rings. The van der Waals surface area contributed by atoms with Gasteiger partial charge in [-0.1, -0.05) is 62.4 Å². The monoisotopic (exact) mass is 251 g/mol. The van der Waals surface area contributed by atoms with E-state index in [0.29, 0.717) is 17.9 Å². The van der Waals surface area contributed by atoms with Crippen molar-refractivity contribution in [3.63, 3.8) is 0 Å². The van der Waals surface area contributed by atoms with E-state index < -0.39 is 0 Å². The first kappa shape index (κ1) is 12.4. The van der Waals surface area contributed by atoms with E-state index >= 15 is 0 Å².